The van der Waals surface area contributed by atoms with Crippen LogP contribution in [0.5, 0.6) is 0 Å². The van der Waals surface area contributed by atoms with Crippen molar-refractivity contribution in [3.8, 4) is 0 Å². The van der Waals surface area contributed by atoms with Crippen molar-refractivity contribution in [3.63, 3.8) is 0 Å². The molecule has 1 fully saturated rings. The van der Waals surface area contributed by atoms with Crippen LogP contribution in [0.3, 0.4) is 0 Å². The van der Waals surface area contributed by atoms with Gasteiger partial charge in [0.25, 0.3) is 5.91 Å². The SMILES string of the molecule is Cc1cccc2sc(NC(=O)C3CNCCO3)nc12. The smallest absolute Gasteiger partial charge is 0.256 e. The first-order chi connectivity index (χ1) is 9.24. The molecule has 100 valence electrons. The molecule has 1 amide bonds. The average Bonchev–Trinajstić information content (AvgIpc) is 2.84. The molecule has 1 aromatic carbocycles. The number of aromatic nitrogens is 1. The molecule has 5 nitrogen and oxygen atoms in total. The van der Waals surface area contributed by atoms with E-state index in [-0.39, 0.29) is 5.91 Å². The van der Waals surface area contributed by atoms with Gasteiger partial charge in [-0.3, -0.25) is 10.1 Å². The summed E-state index contributed by atoms with van der Waals surface area (Å²) in [6, 6.07) is 6.02. The van der Waals surface area contributed by atoms with Crippen LogP contribution in [0, 0.1) is 6.92 Å². The van der Waals surface area contributed by atoms with E-state index in [4.69, 9.17) is 4.74 Å². The maximum Gasteiger partial charge on any atom is 0.256 e. The van der Waals surface area contributed by atoms with Crippen LogP contribution in [0.1, 0.15) is 5.56 Å². The van der Waals surface area contributed by atoms with E-state index in [0.29, 0.717) is 18.3 Å². The van der Waals surface area contributed by atoms with Crippen LogP contribution in [-0.4, -0.2) is 36.7 Å². The maximum atomic E-state index is 12.0. The summed E-state index contributed by atoms with van der Waals surface area (Å²) in [5.74, 6) is -0.135. The number of nitrogens with one attached hydrogen (secondary N) is 2. The van der Waals surface area contributed by atoms with E-state index in [1.54, 1.807) is 0 Å². The van der Waals surface area contributed by atoms with Crippen molar-refractivity contribution in [1.29, 1.82) is 0 Å². The Morgan fingerprint density at radius 3 is 3.21 bits per heavy atom. The van der Waals surface area contributed by atoms with Crippen LogP contribution in [0.25, 0.3) is 10.2 Å². The lowest BCUT2D eigenvalue weighted by Gasteiger charge is -2.22. The predicted molar refractivity (Wildman–Crippen MR) is 75.6 cm³/mol. The van der Waals surface area contributed by atoms with Crippen LogP contribution in [0.2, 0.25) is 0 Å². The summed E-state index contributed by atoms with van der Waals surface area (Å²) >= 11 is 1.48. The molecule has 0 bridgehead atoms. The highest BCUT2D eigenvalue weighted by molar-refractivity contribution is 7.22. The molecule has 0 spiro atoms. The van der Waals surface area contributed by atoms with Crippen LogP contribution >= 0.6 is 11.3 Å². The third kappa shape index (κ3) is 2.60. The number of morpholine rings is 1. The Hall–Kier alpha value is -1.50. The van der Waals surface area contributed by atoms with Gasteiger partial charge in [-0.1, -0.05) is 23.5 Å². The normalized spacial score (nSPS) is 19.5. The second-order valence-electron chi connectivity index (χ2n) is 4.49. The van der Waals surface area contributed by atoms with Gasteiger partial charge in [0.1, 0.15) is 6.10 Å². The average molecular weight is 277 g/mol. The summed E-state index contributed by atoms with van der Waals surface area (Å²) in [6.07, 6.45) is -0.429. The number of fused-ring (bicyclic) bond motifs is 1. The number of rotatable bonds is 2. The van der Waals surface area contributed by atoms with Gasteiger partial charge in [-0.25, -0.2) is 4.98 Å². The molecule has 19 heavy (non-hydrogen) atoms. The quantitative estimate of drug-likeness (QED) is 0.874. The van der Waals surface area contributed by atoms with Crippen molar-refractivity contribution in [2.75, 3.05) is 25.0 Å². The van der Waals surface area contributed by atoms with Gasteiger partial charge in [-0.05, 0) is 18.6 Å². The van der Waals surface area contributed by atoms with Gasteiger partial charge in [0.15, 0.2) is 5.13 Å². The molecular weight excluding hydrogens is 262 g/mol. The zero-order chi connectivity index (χ0) is 13.2. The molecule has 1 unspecified atom stereocenters. The van der Waals surface area contributed by atoms with Gasteiger partial charge in [-0.15, -0.1) is 0 Å². The van der Waals surface area contributed by atoms with E-state index in [9.17, 15) is 4.79 Å². The molecule has 6 heteroatoms. The number of para-hydroxylation sites is 1. The summed E-state index contributed by atoms with van der Waals surface area (Å²) in [7, 11) is 0. The molecule has 1 atom stereocenters. The first kappa shape index (κ1) is 12.5. The number of nitrogens with zero attached hydrogens (tertiary/aromatic N) is 1. The highest BCUT2D eigenvalue weighted by Crippen LogP contribution is 2.27. The van der Waals surface area contributed by atoms with Crippen LogP contribution in [-0.2, 0) is 9.53 Å². The largest absolute Gasteiger partial charge is 0.366 e. The maximum absolute atomic E-state index is 12.0. The van der Waals surface area contributed by atoms with Crippen molar-refractivity contribution in [2.24, 2.45) is 0 Å². The minimum absolute atomic E-state index is 0.135. The fourth-order valence-electron chi connectivity index (χ4n) is 2.06. The number of carbonyl (C=O) groups is 1. The topological polar surface area (TPSA) is 63.2 Å². The molecule has 1 saturated heterocycles. The van der Waals surface area contributed by atoms with E-state index >= 15 is 0 Å². The van der Waals surface area contributed by atoms with Crippen LogP contribution in [0.4, 0.5) is 5.13 Å². The van der Waals surface area contributed by atoms with Gasteiger partial charge in [0.05, 0.1) is 16.8 Å². The van der Waals surface area contributed by atoms with E-state index < -0.39 is 6.10 Å². The number of benzene rings is 1. The Labute approximate surface area is 115 Å². The second-order valence-corrected chi connectivity index (χ2v) is 5.52. The van der Waals surface area contributed by atoms with Crippen LogP contribution < -0.4 is 10.6 Å². The first-order valence-corrected chi connectivity index (χ1v) is 7.05. The Kier molecular flexibility index (Phi) is 3.46. The van der Waals surface area contributed by atoms with Gasteiger partial charge < -0.3 is 10.1 Å². The molecule has 0 saturated carbocycles. The molecule has 2 heterocycles. The summed E-state index contributed by atoms with van der Waals surface area (Å²) < 4.78 is 6.49. The van der Waals surface area contributed by atoms with Crippen molar-refractivity contribution in [1.82, 2.24) is 10.3 Å². The summed E-state index contributed by atoms with van der Waals surface area (Å²) in [5.41, 5.74) is 2.07. The Bertz CT molecular complexity index is 605. The molecule has 1 aliphatic heterocycles. The minimum atomic E-state index is -0.429. The van der Waals surface area contributed by atoms with E-state index in [2.05, 4.69) is 15.6 Å². The fourth-order valence-corrected chi connectivity index (χ4v) is 3.01. The number of carbonyl (C=O) groups excluding carboxylic acids is 1. The number of aryl methyl sites for hydroxylation is 1. The first-order valence-electron chi connectivity index (χ1n) is 6.23. The highest BCUT2D eigenvalue weighted by Gasteiger charge is 2.22. The lowest BCUT2D eigenvalue weighted by Crippen LogP contribution is -2.45. The predicted octanol–water partition coefficient (Wildman–Crippen LogP) is 1.53. The summed E-state index contributed by atoms with van der Waals surface area (Å²) in [6.45, 7) is 3.93. The van der Waals surface area contributed by atoms with E-state index in [1.165, 1.54) is 11.3 Å². The zero-order valence-electron chi connectivity index (χ0n) is 10.6. The van der Waals surface area contributed by atoms with E-state index in [1.807, 2.05) is 25.1 Å². The summed E-state index contributed by atoms with van der Waals surface area (Å²) in [5, 5.41) is 6.59. The molecular formula is C13H15N3O2S. The van der Waals surface area contributed by atoms with Gasteiger partial charge >= 0.3 is 0 Å². The Morgan fingerprint density at radius 2 is 2.47 bits per heavy atom. The van der Waals surface area contributed by atoms with Gasteiger partial charge in [-0.2, -0.15) is 0 Å². The monoisotopic (exact) mass is 277 g/mol. The van der Waals surface area contributed by atoms with Crippen LogP contribution in [0.15, 0.2) is 18.2 Å². The molecule has 2 N–H and O–H groups in total. The lowest BCUT2D eigenvalue weighted by atomic mass is 10.2. The molecule has 1 aromatic heterocycles. The third-order valence-electron chi connectivity index (χ3n) is 3.07. The van der Waals surface area contributed by atoms with Gasteiger partial charge in [0.2, 0.25) is 0 Å². The number of hydrogen-bond donors (Lipinski definition) is 2. The number of anilines is 1. The van der Waals surface area contributed by atoms with Crippen molar-refractivity contribution in [3.05, 3.63) is 23.8 Å². The number of amides is 1. The molecule has 2 aromatic rings. The molecule has 0 aliphatic carbocycles. The van der Waals surface area contributed by atoms with Crippen molar-refractivity contribution < 1.29 is 9.53 Å². The molecule has 1 aliphatic rings. The standard InChI is InChI=1S/C13H15N3O2S/c1-8-3-2-4-10-11(8)15-13(19-10)16-12(17)9-7-14-5-6-18-9/h2-4,9,14H,5-7H2,1H3,(H,15,16,17). The van der Waals surface area contributed by atoms with Crippen molar-refractivity contribution in [2.45, 2.75) is 13.0 Å². The number of ether oxygens (including phenoxy) is 1. The minimum Gasteiger partial charge on any atom is -0.366 e. The number of hydrogen-bond acceptors (Lipinski definition) is 5. The zero-order valence-corrected chi connectivity index (χ0v) is 11.4. The van der Waals surface area contributed by atoms with Crippen molar-refractivity contribution >= 4 is 32.6 Å². The Morgan fingerprint density at radius 1 is 1.58 bits per heavy atom. The van der Waals surface area contributed by atoms with E-state index in [0.717, 1.165) is 22.3 Å². The fraction of sp³-hybridized carbons (Fsp3) is 0.385. The third-order valence-corrected chi connectivity index (χ3v) is 4.01. The second kappa shape index (κ2) is 5.24. The van der Waals surface area contributed by atoms with Gasteiger partial charge in [0, 0.05) is 13.1 Å². The molecule has 3 rings (SSSR count). The Balaban J connectivity index is 1.77. The lowest BCUT2D eigenvalue weighted by molar-refractivity contribution is -0.128. The summed E-state index contributed by atoms with van der Waals surface area (Å²) in [4.78, 5) is 16.5. The highest BCUT2D eigenvalue weighted by atomic mass is 32.1. The molecule has 0 radical (unpaired) electrons. The number of thiazole rings is 1.